The Bertz CT molecular complexity index is 838. The maximum atomic E-state index is 13.9. The van der Waals surface area contributed by atoms with Crippen molar-refractivity contribution < 1.29 is 27.1 Å². The van der Waals surface area contributed by atoms with Crippen LogP contribution in [0.3, 0.4) is 0 Å². The van der Waals surface area contributed by atoms with E-state index < -0.39 is 45.3 Å². The number of hydrogen-bond acceptors (Lipinski definition) is 5. The maximum absolute atomic E-state index is 13.9. The minimum absolute atomic E-state index is 0.149. The van der Waals surface area contributed by atoms with Gasteiger partial charge in [-0.15, -0.1) is 0 Å². The summed E-state index contributed by atoms with van der Waals surface area (Å²) in [6, 6.07) is 3.82. The fourth-order valence-electron chi connectivity index (χ4n) is 3.69. The third-order valence-electron chi connectivity index (χ3n) is 5.34. The SMILES string of the molecule is CCN(C(=O)COC(=O)[C@@H](NS(=O)(=O)c1ccccc1F)C(C)C)C1CCCCC1. The Morgan fingerprint density at radius 3 is 2.40 bits per heavy atom. The molecule has 1 amide bonds. The summed E-state index contributed by atoms with van der Waals surface area (Å²) in [5.41, 5.74) is 0. The van der Waals surface area contributed by atoms with Crippen LogP contribution in [0.25, 0.3) is 0 Å². The lowest BCUT2D eigenvalue weighted by molar-refractivity contribution is -0.155. The number of carbonyl (C=O) groups is 2. The van der Waals surface area contributed by atoms with Crippen LogP contribution in [0.4, 0.5) is 4.39 Å². The van der Waals surface area contributed by atoms with E-state index in [1.54, 1.807) is 18.7 Å². The quantitative estimate of drug-likeness (QED) is 0.594. The second-order valence-corrected chi connectivity index (χ2v) is 9.54. The van der Waals surface area contributed by atoms with E-state index in [0.717, 1.165) is 44.2 Å². The van der Waals surface area contributed by atoms with Crippen LogP contribution >= 0.6 is 0 Å². The highest BCUT2D eigenvalue weighted by molar-refractivity contribution is 7.89. The molecule has 1 N–H and O–H groups in total. The van der Waals surface area contributed by atoms with Crippen LogP contribution in [-0.2, 0) is 24.3 Å². The summed E-state index contributed by atoms with van der Waals surface area (Å²) < 4.78 is 46.4. The Balaban J connectivity index is 2.03. The van der Waals surface area contributed by atoms with Gasteiger partial charge in [-0.2, -0.15) is 4.72 Å². The van der Waals surface area contributed by atoms with Gasteiger partial charge < -0.3 is 9.64 Å². The van der Waals surface area contributed by atoms with Crippen LogP contribution in [0, 0.1) is 11.7 Å². The first kappa shape index (κ1) is 24.3. The molecule has 1 aromatic carbocycles. The van der Waals surface area contributed by atoms with E-state index in [9.17, 15) is 22.4 Å². The Morgan fingerprint density at radius 2 is 1.83 bits per heavy atom. The largest absolute Gasteiger partial charge is 0.454 e. The molecule has 0 heterocycles. The third kappa shape index (κ3) is 6.25. The van der Waals surface area contributed by atoms with Crippen molar-refractivity contribution in [2.75, 3.05) is 13.2 Å². The van der Waals surface area contributed by atoms with Gasteiger partial charge in [0.25, 0.3) is 5.91 Å². The van der Waals surface area contributed by atoms with E-state index in [1.165, 1.54) is 12.1 Å². The first-order chi connectivity index (χ1) is 14.2. The molecule has 1 aliphatic carbocycles. The van der Waals surface area contributed by atoms with Crippen molar-refractivity contribution >= 4 is 21.9 Å². The molecule has 1 saturated carbocycles. The van der Waals surface area contributed by atoms with E-state index in [0.29, 0.717) is 6.54 Å². The van der Waals surface area contributed by atoms with Crippen LogP contribution in [0.2, 0.25) is 0 Å². The fourth-order valence-corrected chi connectivity index (χ4v) is 5.10. The first-order valence-electron chi connectivity index (χ1n) is 10.4. The molecule has 1 aromatic rings. The molecule has 0 aromatic heterocycles. The zero-order valence-corrected chi connectivity index (χ0v) is 18.6. The number of esters is 1. The average molecular weight is 443 g/mol. The number of ether oxygens (including phenoxy) is 1. The number of nitrogens with one attached hydrogen (secondary N) is 1. The van der Waals surface area contributed by atoms with E-state index in [2.05, 4.69) is 4.72 Å². The second-order valence-electron chi connectivity index (χ2n) is 7.85. The first-order valence-corrected chi connectivity index (χ1v) is 11.9. The predicted octanol–water partition coefficient (Wildman–Crippen LogP) is 2.85. The van der Waals surface area contributed by atoms with Gasteiger partial charge in [0.2, 0.25) is 10.0 Å². The van der Waals surface area contributed by atoms with Crippen molar-refractivity contribution in [1.82, 2.24) is 9.62 Å². The normalized spacial score (nSPS) is 16.3. The Morgan fingerprint density at radius 1 is 1.20 bits per heavy atom. The highest BCUT2D eigenvalue weighted by atomic mass is 32.2. The highest BCUT2D eigenvalue weighted by Gasteiger charge is 2.32. The van der Waals surface area contributed by atoms with Gasteiger partial charge in [-0.1, -0.05) is 45.2 Å². The molecule has 0 saturated heterocycles. The molecule has 2 rings (SSSR count). The van der Waals surface area contributed by atoms with Crippen LogP contribution in [-0.4, -0.2) is 50.4 Å². The topological polar surface area (TPSA) is 92.8 Å². The summed E-state index contributed by atoms with van der Waals surface area (Å²) in [6.07, 6.45) is 5.17. The summed E-state index contributed by atoms with van der Waals surface area (Å²) in [5, 5.41) is 0. The highest BCUT2D eigenvalue weighted by Crippen LogP contribution is 2.22. The van der Waals surface area contributed by atoms with Gasteiger partial charge in [-0.3, -0.25) is 9.59 Å². The summed E-state index contributed by atoms with van der Waals surface area (Å²) >= 11 is 0. The molecule has 7 nitrogen and oxygen atoms in total. The number of halogens is 1. The monoisotopic (exact) mass is 442 g/mol. The molecule has 9 heteroatoms. The van der Waals surface area contributed by atoms with E-state index in [1.807, 2.05) is 6.92 Å². The third-order valence-corrected chi connectivity index (χ3v) is 6.82. The van der Waals surface area contributed by atoms with Crippen LogP contribution < -0.4 is 4.72 Å². The fraction of sp³-hybridized carbons (Fsp3) is 0.619. The van der Waals surface area contributed by atoms with E-state index in [4.69, 9.17) is 4.74 Å². The van der Waals surface area contributed by atoms with Crippen molar-refractivity contribution in [1.29, 1.82) is 0 Å². The predicted molar refractivity (Wildman–Crippen MR) is 111 cm³/mol. The Kier molecular flexibility index (Phi) is 8.78. The molecule has 0 radical (unpaired) electrons. The molecule has 0 spiro atoms. The zero-order chi connectivity index (χ0) is 22.3. The lowest BCUT2D eigenvalue weighted by Gasteiger charge is -2.33. The lowest BCUT2D eigenvalue weighted by Crippen LogP contribution is -2.47. The zero-order valence-electron chi connectivity index (χ0n) is 17.8. The van der Waals surface area contributed by atoms with Gasteiger partial charge in [0.05, 0.1) is 0 Å². The molecule has 0 aliphatic heterocycles. The minimum atomic E-state index is -4.28. The molecular formula is C21H31FN2O5S. The Labute approximate surface area is 178 Å². The van der Waals surface area contributed by atoms with Crippen molar-refractivity contribution in [3.05, 3.63) is 30.1 Å². The molecular weight excluding hydrogens is 411 g/mol. The summed E-state index contributed by atoms with van der Waals surface area (Å²) in [4.78, 5) is 26.3. The van der Waals surface area contributed by atoms with Gasteiger partial charge in [-0.25, -0.2) is 12.8 Å². The molecule has 1 fully saturated rings. The average Bonchev–Trinajstić information content (AvgIpc) is 2.71. The van der Waals surface area contributed by atoms with Gasteiger partial charge in [0.15, 0.2) is 6.61 Å². The summed E-state index contributed by atoms with van der Waals surface area (Å²) in [6.45, 7) is 5.23. The molecule has 168 valence electrons. The smallest absolute Gasteiger partial charge is 0.324 e. The molecule has 0 bridgehead atoms. The van der Waals surface area contributed by atoms with Crippen LogP contribution in [0.15, 0.2) is 29.2 Å². The van der Waals surface area contributed by atoms with E-state index >= 15 is 0 Å². The Hall–Kier alpha value is -2.00. The number of benzene rings is 1. The van der Waals surface area contributed by atoms with Crippen molar-refractivity contribution in [2.45, 2.75) is 69.9 Å². The van der Waals surface area contributed by atoms with Crippen molar-refractivity contribution in [3.63, 3.8) is 0 Å². The second kappa shape index (κ2) is 10.9. The number of sulfonamides is 1. The van der Waals surface area contributed by atoms with E-state index in [-0.39, 0.29) is 11.9 Å². The molecule has 30 heavy (non-hydrogen) atoms. The van der Waals surface area contributed by atoms with Crippen LogP contribution in [0.1, 0.15) is 52.9 Å². The number of carbonyl (C=O) groups excluding carboxylic acids is 2. The standard InChI is InChI=1S/C21H31FN2O5S/c1-4-24(16-10-6-5-7-11-16)19(25)14-29-21(26)20(15(2)3)23-30(27,28)18-13-9-8-12-17(18)22/h8-9,12-13,15-16,20,23H,4-7,10-11,14H2,1-3H3/t20-/m0/s1. The van der Waals surface area contributed by atoms with Crippen molar-refractivity contribution in [3.8, 4) is 0 Å². The van der Waals surface area contributed by atoms with Crippen LogP contribution in [0.5, 0.6) is 0 Å². The molecule has 1 aliphatic rings. The summed E-state index contributed by atoms with van der Waals surface area (Å²) in [7, 11) is -4.28. The molecule has 0 unspecified atom stereocenters. The lowest BCUT2D eigenvalue weighted by atomic mass is 9.94. The minimum Gasteiger partial charge on any atom is -0.454 e. The number of hydrogen-bond donors (Lipinski definition) is 1. The van der Waals surface area contributed by atoms with Gasteiger partial charge in [0.1, 0.15) is 16.8 Å². The maximum Gasteiger partial charge on any atom is 0.324 e. The van der Waals surface area contributed by atoms with Gasteiger partial charge >= 0.3 is 5.97 Å². The number of likely N-dealkylation sites (N-methyl/N-ethyl adjacent to an activating group) is 1. The van der Waals surface area contributed by atoms with Gasteiger partial charge in [-0.05, 0) is 37.8 Å². The summed E-state index contributed by atoms with van der Waals surface area (Å²) in [5.74, 6) is -2.54. The number of rotatable bonds is 9. The van der Waals surface area contributed by atoms with Crippen molar-refractivity contribution in [2.24, 2.45) is 5.92 Å². The number of nitrogens with zero attached hydrogens (tertiary/aromatic N) is 1. The number of amides is 1. The molecule has 1 atom stereocenters. The van der Waals surface area contributed by atoms with Gasteiger partial charge in [0, 0.05) is 12.6 Å².